The lowest BCUT2D eigenvalue weighted by molar-refractivity contribution is 0.0592. The van der Waals surface area contributed by atoms with Crippen molar-refractivity contribution in [1.82, 2.24) is 4.98 Å². The summed E-state index contributed by atoms with van der Waals surface area (Å²) < 4.78 is 15.3. The van der Waals surface area contributed by atoms with Crippen molar-refractivity contribution < 1.29 is 19.0 Å². The molecule has 5 heteroatoms. The Labute approximate surface area is 105 Å². The van der Waals surface area contributed by atoms with Gasteiger partial charge in [-0.25, -0.2) is 9.78 Å². The average molecular weight is 249 g/mol. The molecule has 96 valence electrons. The van der Waals surface area contributed by atoms with E-state index in [9.17, 15) is 4.79 Å². The number of nitrogens with zero attached hydrogens (tertiary/aromatic N) is 1. The number of hydrogen-bond donors (Lipinski definition) is 0. The lowest BCUT2D eigenvalue weighted by Crippen LogP contribution is -2.11. The molecule has 1 aromatic heterocycles. The van der Waals surface area contributed by atoms with Crippen molar-refractivity contribution in [1.29, 1.82) is 0 Å². The van der Waals surface area contributed by atoms with E-state index in [0.29, 0.717) is 12.5 Å². The van der Waals surface area contributed by atoms with Gasteiger partial charge in [-0.2, -0.15) is 0 Å². The number of aromatic nitrogens is 1. The van der Waals surface area contributed by atoms with Crippen LogP contribution >= 0.6 is 0 Å². The maximum atomic E-state index is 11.6. The molecule has 0 unspecified atom stereocenters. The number of allylic oxidation sites excluding steroid dienone is 1. The molecule has 5 nitrogen and oxygen atoms in total. The van der Waals surface area contributed by atoms with Crippen molar-refractivity contribution in [2.75, 3.05) is 14.2 Å². The molecule has 0 aliphatic carbocycles. The Morgan fingerprint density at radius 3 is 2.89 bits per heavy atom. The molecule has 0 amide bonds. The Bertz CT molecular complexity index is 508. The van der Waals surface area contributed by atoms with Crippen LogP contribution in [0.5, 0.6) is 5.88 Å². The fourth-order valence-corrected chi connectivity index (χ4v) is 1.92. The molecule has 2 rings (SSSR count). The Morgan fingerprint density at radius 2 is 2.28 bits per heavy atom. The standard InChI is InChI=1S/C13H15NO4/c1-4-8-6-18-7-10-9(8)5-11(13(15)17-3)14-12(10)16-2/h5-6H,4,7H2,1-3H3. The van der Waals surface area contributed by atoms with Crippen LogP contribution in [0, 0.1) is 0 Å². The quantitative estimate of drug-likeness (QED) is 0.768. The van der Waals surface area contributed by atoms with E-state index in [1.54, 1.807) is 12.3 Å². The van der Waals surface area contributed by atoms with Gasteiger partial charge in [0.1, 0.15) is 6.61 Å². The van der Waals surface area contributed by atoms with Crippen LogP contribution in [0.2, 0.25) is 0 Å². The van der Waals surface area contributed by atoms with Gasteiger partial charge in [-0.15, -0.1) is 0 Å². The molecule has 0 N–H and O–H groups in total. The topological polar surface area (TPSA) is 57.7 Å². The van der Waals surface area contributed by atoms with Gasteiger partial charge in [-0.05, 0) is 23.6 Å². The maximum Gasteiger partial charge on any atom is 0.356 e. The van der Waals surface area contributed by atoms with E-state index in [1.807, 2.05) is 6.92 Å². The molecule has 0 radical (unpaired) electrons. The van der Waals surface area contributed by atoms with Crippen molar-refractivity contribution >= 4 is 11.5 Å². The first-order valence-electron chi connectivity index (χ1n) is 5.68. The van der Waals surface area contributed by atoms with Crippen molar-refractivity contribution in [3.63, 3.8) is 0 Å². The van der Waals surface area contributed by atoms with Crippen LogP contribution in [-0.2, 0) is 16.1 Å². The van der Waals surface area contributed by atoms with Crippen LogP contribution in [0.4, 0.5) is 0 Å². The molecule has 18 heavy (non-hydrogen) atoms. The summed E-state index contributed by atoms with van der Waals surface area (Å²) in [4.78, 5) is 15.7. The number of esters is 1. The van der Waals surface area contributed by atoms with Gasteiger partial charge in [0.05, 0.1) is 26.0 Å². The van der Waals surface area contributed by atoms with Gasteiger partial charge >= 0.3 is 5.97 Å². The third-order valence-corrected chi connectivity index (χ3v) is 2.85. The van der Waals surface area contributed by atoms with Gasteiger partial charge in [-0.1, -0.05) is 6.92 Å². The van der Waals surface area contributed by atoms with E-state index < -0.39 is 5.97 Å². The van der Waals surface area contributed by atoms with Crippen LogP contribution < -0.4 is 4.74 Å². The Morgan fingerprint density at radius 1 is 1.50 bits per heavy atom. The van der Waals surface area contributed by atoms with Crippen LogP contribution in [0.3, 0.4) is 0 Å². The second-order valence-electron chi connectivity index (χ2n) is 3.84. The van der Waals surface area contributed by atoms with E-state index in [1.165, 1.54) is 14.2 Å². The average Bonchev–Trinajstić information content (AvgIpc) is 2.44. The van der Waals surface area contributed by atoms with Gasteiger partial charge in [0, 0.05) is 0 Å². The molecule has 0 spiro atoms. The summed E-state index contributed by atoms with van der Waals surface area (Å²) in [5.74, 6) is -0.0648. The predicted molar refractivity (Wildman–Crippen MR) is 65.2 cm³/mol. The van der Waals surface area contributed by atoms with E-state index >= 15 is 0 Å². The predicted octanol–water partition coefficient (Wildman–Crippen LogP) is 2.16. The third-order valence-electron chi connectivity index (χ3n) is 2.85. The summed E-state index contributed by atoms with van der Waals surface area (Å²) in [5, 5.41) is 0. The monoisotopic (exact) mass is 249 g/mol. The Balaban J connectivity index is 2.58. The van der Waals surface area contributed by atoms with Gasteiger partial charge in [0.2, 0.25) is 5.88 Å². The van der Waals surface area contributed by atoms with E-state index in [4.69, 9.17) is 9.47 Å². The molecule has 0 bridgehead atoms. The summed E-state index contributed by atoms with van der Waals surface area (Å²) >= 11 is 0. The number of ether oxygens (including phenoxy) is 3. The fraction of sp³-hybridized carbons (Fsp3) is 0.385. The smallest absolute Gasteiger partial charge is 0.356 e. The normalized spacial score (nSPS) is 13.2. The molecule has 0 saturated carbocycles. The molecule has 0 fully saturated rings. The molecule has 2 heterocycles. The molecular formula is C13H15NO4. The van der Waals surface area contributed by atoms with Crippen molar-refractivity contribution in [2.45, 2.75) is 20.0 Å². The zero-order valence-corrected chi connectivity index (χ0v) is 10.6. The van der Waals surface area contributed by atoms with E-state index in [-0.39, 0.29) is 5.69 Å². The highest BCUT2D eigenvalue weighted by molar-refractivity contribution is 5.89. The zero-order valence-electron chi connectivity index (χ0n) is 10.6. The summed E-state index contributed by atoms with van der Waals surface area (Å²) in [5.41, 5.74) is 3.07. The molecular weight excluding hydrogens is 234 g/mol. The molecule has 0 saturated heterocycles. The minimum Gasteiger partial charge on any atom is -0.496 e. The van der Waals surface area contributed by atoms with Crippen LogP contribution in [0.25, 0.3) is 5.57 Å². The minimum atomic E-state index is -0.474. The van der Waals surface area contributed by atoms with Gasteiger partial charge in [-0.3, -0.25) is 0 Å². The first-order valence-corrected chi connectivity index (χ1v) is 5.68. The summed E-state index contributed by atoms with van der Waals surface area (Å²) in [6.45, 7) is 2.42. The summed E-state index contributed by atoms with van der Waals surface area (Å²) in [6.07, 6.45) is 2.52. The van der Waals surface area contributed by atoms with Crippen LogP contribution in [-0.4, -0.2) is 25.2 Å². The van der Waals surface area contributed by atoms with E-state index in [0.717, 1.165) is 23.1 Å². The number of rotatable bonds is 3. The maximum absolute atomic E-state index is 11.6. The van der Waals surface area contributed by atoms with Gasteiger partial charge < -0.3 is 14.2 Å². The first-order chi connectivity index (χ1) is 8.71. The lowest BCUT2D eigenvalue weighted by atomic mass is 9.98. The van der Waals surface area contributed by atoms with Crippen LogP contribution in [0.1, 0.15) is 35.0 Å². The number of carbonyl (C=O) groups excluding carboxylic acids is 1. The number of methoxy groups -OCH3 is 2. The molecule has 1 aliphatic rings. The number of fused-ring (bicyclic) bond motifs is 1. The van der Waals surface area contributed by atoms with E-state index in [2.05, 4.69) is 9.72 Å². The number of hydrogen-bond acceptors (Lipinski definition) is 5. The van der Waals surface area contributed by atoms with Crippen molar-refractivity contribution in [3.8, 4) is 5.88 Å². The highest BCUT2D eigenvalue weighted by Gasteiger charge is 2.22. The second-order valence-corrected chi connectivity index (χ2v) is 3.84. The zero-order chi connectivity index (χ0) is 13.1. The summed E-state index contributed by atoms with van der Waals surface area (Å²) in [6, 6.07) is 1.72. The lowest BCUT2D eigenvalue weighted by Gasteiger charge is -2.20. The van der Waals surface area contributed by atoms with Crippen molar-refractivity contribution in [3.05, 3.63) is 29.1 Å². The molecule has 0 aromatic carbocycles. The fourth-order valence-electron chi connectivity index (χ4n) is 1.92. The van der Waals surface area contributed by atoms with Crippen molar-refractivity contribution in [2.24, 2.45) is 0 Å². The SMILES string of the molecule is CCC1=COCc2c1cc(C(=O)OC)nc2OC. The minimum absolute atomic E-state index is 0.245. The highest BCUT2D eigenvalue weighted by atomic mass is 16.5. The highest BCUT2D eigenvalue weighted by Crippen LogP contribution is 2.33. The first kappa shape index (κ1) is 12.4. The second kappa shape index (κ2) is 5.08. The van der Waals surface area contributed by atoms with Gasteiger partial charge in [0.15, 0.2) is 5.69 Å². The number of carbonyl (C=O) groups is 1. The molecule has 1 aliphatic heterocycles. The Hall–Kier alpha value is -2.04. The molecule has 0 atom stereocenters. The van der Waals surface area contributed by atoms with Crippen LogP contribution in [0.15, 0.2) is 12.3 Å². The third kappa shape index (κ3) is 2.03. The Kier molecular flexibility index (Phi) is 3.50. The largest absolute Gasteiger partial charge is 0.496 e. The summed E-state index contributed by atoms with van der Waals surface area (Å²) in [7, 11) is 2.85. The van der Waals surface area contributed by atoms with Gasteiger partial charge in [0.25, 0.3) is 0 Å². The number of pyridine rings is 1. The molecule has 1 aromatic rings.